The predicted molar refractivity (Wildman–Crippen MR) is 133 cm³/mol. The van der Waals surface area contributed by atoms with Crippen molar-refractivity contribution in [2.45, 2.75) is 20.0 Å². The van der Waals surface area contributed by atoms with E-state index in [1.54, 1.807) is 32.2 Å². The number of anilines is 1. The first-order valence-electron chi connectivity index (χ1n) is 11.4. The Hall–Kier alpha value is -3.82. The molecule has 0 amide bonds. The summed E-state index contributed by atoms with van der Waals surface area (Å²) in [6.45, 7) is 6.59. The molecule has 1 saturated heterocycles. The van der Waals surface area contributed by atoms with Crippen molar-refractivity contribution < 1.29 is 14.2 Å². The van der Waals surface area contributed by atoms with E-state index in [2.05, 4.69) is 29.8 Å². The highest BCUT2D eigenvalue weighted by molar-refractivity contribution is 5.94. The maximum atomic E-state index is 15.1. The fraction of sp³-hybridized carbons (Fsp3) is 0.269. The number of halogens is 1. The largest absolute Gasteiger partial charge is 0.382 e. The number of nitrogens with zero attached hydrogens (tertiary/aromatic N) is 6. The molecule has 2 aromatic heterocycles. The maximum absolute atomic E-state index is 15.1. The summed E-state index contributed by atoms with van der Waals surface area (Å²) in [6, 6.07) is 10.4. The van der Waals surface area contributed by atoms with Crippen molar-refractivity contribution in [3.05, 3.63) is 71.7 Å². The van der Waals surface area contributed by atoms with E-state index in [1.807, 2.05) is 18.2 Å². The number of ether oxygens (including phenoxy) is 1. The SMILES string of the molecule is CC=Nc1ncnc(C(O)c2ccc(F)c(-c3ncnc4cc(N5CCOCC5)ccc34)c2)c1C. The molecule has 0 saturated carbocycles. The lowest BCUT2D eigenvalue weighted by Crippen LogP contribution is -2.36. The van der Waals surface area contributed by atoms with Crippen molar-refractivity contribution in [2.24, 2.45) is 4.99 Å². The molecule has 0 radical (unpaired) electrons. The lowest BCUT2D eigenvalue weighted by atomic mass is 9.98. The lowest BCUT2D eigenvalue weighted by molar-refractivity contribution is 0.122. The van der Waals surface area contributed by atoms with Gasteiger partial charge >= 0.3 is 0 Å². The van der Waals surface area contributed by atoms with Crippen LogP contribution in [0, 0.1) is 12.7 Å². The molecule has 1 N–H and O–H groups in total. The van der Waals surface area contributed by atoms with E-state index in [4.69, 9.17) is 4.74 Å². The number of hydrogen-bond acceptors (Lipinski definition) is 8. The van der Waals surface area contributed by atoms with Gasteiger partial charge in [-0.25, -0.2) is 29.3 Å². The molecule has 1 atom stereocenters. The number of fused-ring (bicyclic) bond motifs is 1. The smallest absolute Gasteiger partial charge is 0.158 e. The molecular formula is C26H25FN6O2. The lowest BCUT2D eigenvalue weighted by Gasteiger charge is -2.29. The zero-order chi connectivity index (χ0) is 24.4. The highest BCUT2D eigenvalue weighted by Gasteiger charge is 2.21. The van der Waals surface area contributed by atoms with E-state index in [9.17, 15) is 5.11 Å². The summed E-state index contributed by atoms with van der Waals surface area (Å²) in [4.78, 5) is 23.7. The summed E-state index contributed by atoms with van der Waals surface area (Å²) in [6.07, 6.45) is 3.35. The van der Waals surface area contributed by atoms with Gasteiger partial charge in [0, 0.05) is 41.5 Å². The van der Waals surface area contributed by atoms with Crippen LogP contribution in [-0.2, 0) is 4.74 Å². The molecular weight excluding hydrogens is 447 g/mol. The van der Waals surface area contributed by atoms with E-state index in [-0.39, 0.29) is 5.56 Å². The summed E-state index contributed by atoms with van der Waals surface area (Å²) in [5.74, 6) is 0.0469. The number of rotatable bonds is 5. The first-order chi connectivity index (χ1) is 17.1. The van der Waals surface area contributed by atoms with Crippen molar-refractivity contribution in [1.82, 2.24) is 19.9 Å². The third-order valence-corrected chi connectivity index (χ3v) is 6.16. The molecule has 178 valence electrons. The van der Waals surface area contributed by atoms with Gasteiger partial charge in [-0.1, -0.05) is 6.07 Å². The summed E-state index contributed by atoms with van der Waals surface area (Å²) in [5, 5.41) is 11.8. The maximum Gasteiger partial charge on any atom is 0.158 e. The number of aromatic nitrogens is 4. The molecule has 9 heteroatoms. The fourth-order valence-electron chi connectivity index (χ4n) is 4.31. The van der Waals surface area contributed by atoms with Gasteiger partial charge in [0.05, 0.1) is 30.1 Å². The number of hydrogen-bond donors (Lipinski definition) is 1. The Labute approximate surface area is 202 Å². The van der Waals surface area contributed by atoms with Crippen LogP contribution in [0.4, 0.5) is 15.9 Å². The topological polar surface area (TPSA) is 96.6 Å². The van der Waals surface area contributed by atoms with Gasteiger partial charge < -0.3 is 14.7 Å². The van der Waals surface area contributed by atoms with E-state index in [1.165, 1.54) is 18.7 Å². The predicted octanol–water partition coefficient (Wildman–Crippen LogP) is 4.17. The molecule has 35 heavy (non-hydrogen) atoms. The molecule has 8 nitrogen and oxygen atoms in total. The Morgan fingerprint density at radius 1 is 1.06 bits per heavy atom. The molecule has 2 aromatic carbocycles. The van der Waals surface area contributed by atoms with Crippen molar-refractivity contribution >= 4 is 28.6 Å². The number of aliphatic imine (C=N–C) groups is 1. The van der Waals surface area contributed by atoms with E-state index in [0.717, 1.165) is 29.7 Å². The Kier molecular flexibility index (Phi) is 6.43. The normalized spacial score (nSPS) is 15.1. The van der Waals surface area contributed by atoms with Crippen LogP contribution >= 0.6 is 0 Å². The van der Waals surface area contributed by atoms with Crippen LogP contribution in [0.1, 0.15) is 29.8 Å². The Bertz CT molecular complexity index is 1400. The van der Waals surface area contributed by atoms with Gasteiger partial charge in [-0.2, -0.15) is 0 Å². The molecule has 4 aromatic rings. The summed E-state index contributed by atoms with van der Waals surface area (Å²) < 4.78 is 20.5. The Morgan fingerprint density at radius 2 is 1.86 bits per heavy atom. The van der Waals surface area contributed by atoms with Gasteiger partial charge in [0.25, 0.3) is 0 Å². The van der Waals surface area contributed by atoms with Crippen molar-refractivity contribution in [3.63, 3.8) is 0 Å². The third-order valence-electron chi connectivity index (χ3n) is 6.16. The van der Waals surface area contributed by atoms with Gasteiger partial charge in [0.2, 0.25) is 0 Å². The second-order valence-electron chi connectivity index (χ2n) is 8.26. The van der Waals surface area contributed by atoms with Crippen LogP contribution in [0.2, 0.25) is 0 Å². The molecule has 0 spiro atoms. The average molecular weight is 473 g/mol. The minimum atomic E-state index is -1.08. The van der Waals surface area contributed by atoms with E-state index < -0.39 is 11.9 Å². The Morgan fingerprint density at radius 3 is 2.66 bits per heavy atom. The number of morpholine rings is 1. The van der Waals surface area contributed by atoms with Crippen LogP contribution in [0.15, 0.2) is 54.0 Å². The number of aliphatic hydroxyl groups excluding tert-OH is 1. The van der Waals surface area contributed by atoms with Gasteiger partial charge in [-0.3, -0.25) is 0 Å². The summed E-state index contributed by atoms with van der Waals surface area (Å²) >= 11 is 0. The average Bonchev–Trinajstić information content (AvgIpc) is 2.90. The van der Waals surface area contributed by atoms with Gasteiger partial charge in [0.15, 0.2) is 5.82 Å². The molecule has 0 aliphatic carbocycles. The summed E-state index contributed by atoms with van der Waals surface area (Å²) in [5.41, 5.74) is 4.08. The summed E-state index contributed by atoms with van der Waals surface area (Å²) in [7, 11) is 0. The zero-order valence-electron chi connectivity index (χ0n) is 19.5. The Balaban J connectivity index is 1.55. The second kappa shape index (κ2) is 9.81. The standard InChI is InChI=1S/C26H25FN6O2/c1-3-28-26-16(2)23(30-15-32-26)25(34)17-4-7-21(27)20(12-17)24-19-6-5-18(13-22(19)29-14-31-24)33-8-10-35-11-9-33/h3-7,12-15,25,34H,8-11H2,1-2H3. The van der Waals surface area contributed by atoms with Crippen molar-refractivity contribution in [1.29, 1.82) is 0 Å². The van der Waals surface area contributed by atoms with Crippen LogP contribution in [0.3, 0.4) is 0 Å². The zero-order valence-corrected chi connectivity index (χ0v) is 19.5. The van der Waals surface area contributed by atoms with Crippen LogP contribution in [0.5, 0.6) is 0 Å². The third kappa shape index (κ3) is 4.48. The first-order valence-corrected chi connectivity index (χ1v) is 11.4. The minimum absolute atomic E-state index is 0.284. The minimum Gasteiger partial charge on any atom is -0.382 e. The van der Waals surface area contributed by atoms with Gasteiger partial charge in [-0.05, 0) is 49.7 Å². The fourth-order valence-corrected chi connectivity index (χ4v) is 4.31. The molecule has 1 unspecified atom stereocenters. The van der Waals surface area contributed by atoms with Gasteiger partial charge in [-0.15, -0.1) is 0 Å². The van der Waals surface area contributed by atoms with E-state index >= 15 is 4.39 Å². The second-order valence-corrected chi connectivity index (χ2v) is 8.26. The van der Waals surface area contributed by atoms with Gasteiger partial charge in [0.1, 0.15) is 24.6 Å². The molecule has 5 rings (SSSR count). The van der Waals surface area contributed by atoms with Crippen molar-refractivity contribution in [2.75, 3.05) is 31.2 Å². The molecule has 1 fully saturated rings. The molecule has 1 aliphatic heterocycles. The molecule has 0 bridgehead atoms. The molecule has 3 heterocycles. The van der Waals surface area contributed by atoms with Crippen molar-refractivity contribution in [3.8, 4) is 11.3 Å². The highest BCUT2D eigenvalue weighted by Crippen LogP contribution is 2.34. The number of aliphatic hydroxyl groups is 1. The van der Waals surface area contributed by atoms with Crippen LogP contribution in [-0.4, -0.2) is 57.6 Å². The monoisotopic (exact) mass is 472 g/mol. The molecule has 1 aliphatic rings. The highest BCUT2D eigenvalue weighted by atomic mass is 19.1. The van der Waals surface area contributed by atoms with Crippen LogP contribution in [0.25, 0.3) is 22.2 Å². The number of benzene rings is 2. The van der Waals surface area contributed by atoms with Crippen LogP contribution < -0.4 is 4.90 Å². The first kappa shape index (κ1) is 22.9. The quantitative estimate of drug-likeness (QED) is 0.435. The van der Waals surface area contributed by atoms with E-state index in [0.29, 0.717) is 41.5 Å².